The number of nitrogens with zero attached hydrogens (tertiary/aromatic N) is 2. The lowest BCUT2D eigenvalue weighted by molar-refractivity contribution is -0.137. The number of carbonyl (C=O) groups is 1. The molecule has 152 valence electrons. The molecule has 0 fully saturated rings. The molecular formula is C21H26F3N3O. The summed E-state index contributed by atoms with van der Waals surface area (Å²) in [5, 5.41) is 7.77. The summed E-state index contributed by atoms with van der Waals surface area (Å²) in [5.74, 6) is 0.137. The first-order chi connectivity index (χ1) is 12.7. The maximum Gasteiger partial charge on any atom is 0.416 e. The van der Waals surface area contributed by atoms with Gasteiger partial charge in [-0.05, 0) is 38.5 Å². The third kappa shape index (κ3) is 3.66. The molecule has 0 aliphatic carbocycles. The molecule has 1 aliphatic rings. The second-order valence-corrected chi connectivity index (χ2v) is 9.37. The molecule has 1 aromatic carbocycles. The number of amides is 1. The third-order valence-electron chi connectivity index (χ3n) is 4.90. The SMILES string of the molecule is CC(C)(C)c1nn(C(C)(C)C)c2c1C(c1ccc(C(F)(F)F)cc1)CC(=O)N2. The maximum atomic E-state index is 12.9. The second-order valence-electron chi connectivity index (χ2n) is 9.37. The van der Waals surface area contributed by atoms with Gasteiger partial charge in [0.15, 0.2) is 0 Å². The second kappa shape index (κ2) is 6.36. The van der Waals surface area contributed by atoms with Crippen LogP contribution in [0.3, 0.4) is 0 Å². The molecule has 7 heteroatoms. The molecule has 1 atom stereocenters. The molecule has 1 aliphatic heterocycles. The fourth-order valence-electron chi connectivity index (χ4n) is 3.58. The highest BCUT2D eigenvalue weighted by atomic mass is 19.4. The van der Waals surface area contributed by atoms with Crippen LogP contribution in [0.15, 0.2) is 24.3 Å². The molecule has 2 heterocycles. The predicted molar refractivity (Wildman–Crippen MR) is 102 cm³/mol. The zero-order valence-electron chi connectivity index (χ0n) is 17.0. The van der Waals surface area contributed by atoms with Crippen LogP contribution in [-0.4, -0.2) is 15.7 Å². The number of nitrogens with one attached hydrogen (secondary N) is 1. The topological polar surface area (TPSA) is 46.9 Å². The van der Waals surface area contributed by atoms with Gasteiger partial charge in [0.2, 0.25) is 5.91 Å². The fourth-order valence-corrected chi connectivity index (χ4v) is 3.58. The number of hydrogen-bond acceptors (Lipinski definition) is 2. The molecule has 0 radical (unpaired) electrons. The van der Waals surface area contributed by atoms with Crippen molar-refractivity contribution in [2.75, 3.05) is 5.32 Å². The van der Waals surface area contributed by atoms with Crippen molar-refractivity contribution >= 4 is 11.7 Å². The molecule has 28 heavy (non-hydrogen) atoms. The van der Waals surface area contributed by atoms with Crippen molar-refractivity contribution in [2.24, 2.45) is 0 Å². The van der Waals surface area contributed by atoms with Crippen molar-refractivity contribution in [3.8, 4) is 0 Å². The molecule has 0 spiro atoms. The summed E-state index contributed by atoms with van der Waals surface area (Å²) < 4.78 is 40.6. The van der Waals surface area contributed by atoms with E-state index in [0.717, 1.165) is 23.4 Å². The van der Waals surface area contributed by atoms with Crippen LogP contribution in [0.2, 0.25) is 0 Å². The first kappa shape index (κ1) is 20.4. The van der Waals surface area contributed by atoms with Gasteiger partial charge in [0.1, 0.15) is 5.82 Å². The Morgan fingerprint density at radius 1 is 1.04 bits per heavy atom. The smallest absolute Gasteiger partial charge is 0.311 e. The van der Waals surface area contributed by atoms with E-state index < -0.39 is 11.7 Å². The predicted octanol–water partition coefficient (Wildman–Crippen LogP) is 5.43. The summed E-state index contributed by atoms with van der Waals surface area (Å²) in [6.07, 6.45) is -4.21. The Morgan fingerprint density at radius 3 is 2.07 bits per heavy atom. The molecule has 1 aromatic heterocycles. The van der Waals surface area contributed by atoms with Crippen molar-refractivity contribution in [1.82, 2.24) is 9.78 Å². The summed E-state index contributed by atoms with van der Waals surface area (Å²) >= 11 is 0. The molecule has 3 rings (SSSR count). The molecule has 0 bridgehead atoms. The minimum atomic E-state index is -4.39. The van der Waals surface area contributed by atoms with Crippen LogP contribution in [-0.2, 0) is 21.9 Å². The molecule has 1 N–H and O–H groups in total. The summed E-state index contributed by atoms with van der Waals surface area (Å²) in [4.78, 5) is 12.4. The van der Waals surface area contributed by atoms with Gasteiger partial charge in [-0.2, -0.15) is 18.3 Å². The van der Waals surface area contributed by atoms with Crippen molar-refractivity contribution in [3.05, 3.63) is 46.6 Å². The number of fused-ring (bicyclic) bond motifs is 1. The first-order valence-electron chi connectivity index (χ1n) is 9.30. The van der Waals surface area contributed by atoms with E-state index in [1.807, 2.05) is 46.2 Å². The van der Waals surface area contributed by atoms with E-state index in [9.17, 15) is 18.0 Å². The molecule has 2 aromatic rings. The van der Waals surface area contributed by atoms with Gasteiger partial charge in [-0.25, -0.2) is 4.68 Å². The third-order valence-corrected chi connectivity index (χ3v) is 4.90. The van der Waals surface area contributed by atoms with Gasteiger partial charge in [-0.15, -0.1) is 0 Å². The zero-order chi connectivity index (χ0) is 21.1. The minimum Gasteiger partial charge on any atom is -0.311 e. The molecular weight excluding hydrogens is 367 g/mol. The minimum absolute atomic E-state index is 0.164. The van der Waals surface area contributed by atoms with Crippen molar-refractivity contribution < 1.29 is 18.0 Å². The van der Waals surface area contributed by atoms with E-state index in [0.29, 0.717) is 11.4 Å². The van der Waals surface area contributed by atoms with Gasteiger partial charge >= 0.3 is 6.18 Å². The average Bonchev–Trinajstić information content (AvgIpc) is 2.93. The summed E-state index contributed by atoms with van der Waals surface area (Å²) in [6.45, 7) is 12.1. The van der Waals surface area contributed by atoms with E-state index in [2.05, 4.69) is 5.32 Å². The maximum absolute atomic E-state index is 12.9. The number of carbonyl (C=O) groups excluding carboxylic acids is 1. The Bertz CT molecular complexity index is 897. The van der Waals surface area contributed by atoms with E-state index in [4.69, 9.17) is 5.10 Å². The van der Waals surface area contributed by atoms with Crippen LogP contribution in [0.25, 0.3) is 0 Å². The fraction of sp³-hybridized carbons (Fsp3) is 0.524. The van der Waals surface area contributed by atoms with Gasteiger partial charge in [0.25, 0.3) is 0 Å². The van der Waals surface area contributed by atoms with Crippen LogP contribution in [0, 0.1) is 0 Å². The highest BCUT2D eigenvalue weighted by Crippen LogP contribution is 2.44. The van der Waals surface area contributed by atoms with Crippen LogP contribution < -0.4 is 5.32 Å². The van der Waals surface area contributed by atoms with E-state index in [1.54, 1.807) is 0 Å². The number of benzene rings is 1. The Morgan fingerprint density at radius 2 is 1.61 bits per heavy atom. The number of halogens is 3. The Balaban J connectivity index is 2.20. The highest BCUT2D eigenvalue weighted by molar-refractivity contribution is 5.94. The molecule has 1 unspecified atom stereocenters. The van der Waals surface area contributed by atoms with Gasteiger partial charge in [0, 0.05) is 23.3 Å². The highest BCUT2D eigenvalue weighted by Gasteiger charge is 2.39. The lowest BCUT2D eigenvalue weighted by atomic mass is 9.79. The summed E-state index contributed by atoms with van der Waals surface area (Å²) in [6, 6.07) is 5.09. The Hall–Kier alpha value is -2.31. The number of rotatable bonds is 1. The standard InChI is InChI=1S/C21H26F3N3O/c1-19(2,3)17-16-14(12-7-9-13(10-8-12)21(22,23)24)11-15(28)25-18(16)27(26-17)20(4,5)6/h7-10,14H,11H2,1-6H3,(H,25,28). The van der Waals surface area contributed by atoms with Crippen molar-refractivity contribution in [1.29, 1.82) is 0 Å². The molecule has 1 amide bonds. The van der Waals surface area contributed by atoms with Crippen LogP contribution in [0.4, 0.5) is 19.0 Å². The first-order valence-corrected chi connectivity index (χ1v) is 9.30. The lowest BCUT2D eigenvalue weighted by Crippen LogP contribution is -2.30. The molecule has 0 saturated carbocycles. The molecule has 0 saturated heterocycles. The van der Waals surface area contributed by atoms with E-state index in [1.165, 1.54) is 12.1 Å². The quantitative estimate of drug-likeness (QED) is 0.702. The Labute approximate surface area is 163 Å². The Kier molecular flexibility index (Phi) is 4.64. The number of anilines is 1. The largest absolute Gasteiger partial charge is 0.416 e. The van der Waals surface area contributed by atoms with E-state index in [-0.39, 0.29) is 29.2 Å². The van der Waals surface area contributed by atoms with Crippen molar-refractivity contribution in [2.45, 2.75) is 71.0 Å². The molecule has 4 nitrogen and oxygen atoms in total. The van der Waals surface area contributed by atoms with Gasteiger partial charge in [-0.3, -0.25) is 4.79 Å². The average molecular weight is 393 g/mol. The van der Waals surface area contributed by atoms with E-state index >= 15 is 0 Å². The number of aromatic nitrogens is 2. The van der Waals surface area contributed by atoms with Gasteiger partial charge in [-0.1, -0.05) is 32.9 Å². The summed E-state index contributed by atoms with van der Waals surface area (Å²) in [7, 11) is 0. The van der Waals surface area contributed by atoms with Gasteiger partial charge < -0.3 is 5.32 Å². The number of hydrogen-bond donors (Lipinski definition) is 1. The van der Waals surface area contributed by atoms with Crippen LogP contribution >= 0.6 is 0 Å². The normalized spacial score (nSPS) is 18.0. The van der Waals surface area contributed by atoms with Crippen LogP contribution in [0.1, 0.15) is 76.3 Å². The lowest BCUT2D eigenvalue weighted by Gasteiger charge is -2.29. The van der Waals surface area contributed by atoms with Crippen LogP contribution in [0.5, 0.6) is 0 Å². The van der Waals surface area contributed by atoms with Gasteiger partial charge in [0.05, 0.1) is 16.8 Å². The summed E-state index contributed by atoms with van der Waals surface area (Å²) in [5.41, 5.74) is 1.08. The van der Waals surface area contributed by atoms with Crippen molar-refractivity contribution in [3.63, 3.8) is 0 Å². The zero-order valence-corrected chi connectivity index (χ0v) is 17.0. The monoisotopic (exact) mass is 393 g/mol. The number of alkyl halides is 3.